The largest absolute Gasteiger partial charge is 0.399 e. The molecular weight excluding hydrogens is 230 g/mol. The highest BCUT2D eigenvalue weighted by molar-refractivity contribution is 5.52. The topological polar surface area (TPSA) is 26.0 Å². The fourth-order valence-electron chi connectivity index (χ4n) is 3.54. The molecule has 2 aromatic carbocycles. The highest BCUT2D eigenvalue weighted by atomic mass is 14.6. The van der Waals surface area contributed by atoms with Crippen LogP contribution >= 0.6 is 0 Å². The van der Waals surface area contributed by atoms with Crippen molar-refractivity contribution in [3.63, 3.8) is 0 Å². The Labute approximate surface area is 115 Å². The standard InChI is InChI=1S/C18H21N/c1-17(2)12-13-6-4-5-7-16(13)18(17,3)14-8-10-15(19)11-9-14/h4-11H,12,19H2,1-3H3. The molecule has 19 heavy (non-hydrogen) atoms. The summed E-state index contributed by atoms with van der Waals surface area (Å²) in [4.78, 5) is 0. The zero-order valence-corrected chi connectivity index (χ0v) is 11.9. The molecule has 0 spiro atoms. The summed E-state index contributed by atoms with van der Waals surface area (Å²) < 4.78 is 0. The van der Waals surface area contributed by atoms with Gasteiger partial charge in [-0.15, -0.1) is 0 Å². The molecule has 3 rings (SSSR count). The molecule has 0 saturated carbocycles. The second-order valence-corrected chi connectivity index (χ2v) is 6.46. The van der Waals surface area contributed by atoms with Gasteiger partial charge in [-0.2, -0.15) is 0 Å². The molecule has 0 radical (unpaired) electrons. The Hall–Kier alpha value is -1.76. The van der Waals surface area contributed by atoms with E-state index in [0.29, 0.717) is 0 Å². The van der Waals surface area contributed by atoms with Crippen molar-refractivity contribution in [2.75, 3.05) is 5.73 Å². The van der Waals surface area contributed by atoms with E-state index in [4.69, 9.17) is 5.73 Å². The van der Waals surface area contributed by atoms with E-state index in [1.165, 1.54) is 16.7 Å². The lowest BCUT2D eigenvalue weighted by Crippen LogP contribution is -2.36. The van der Waals surface area contributed by atoms with E-state index in [-0.39, 0.29) is 10.8 Å². The minimum absolute atomic E-state index is 0.0529. The molecule has 0 aromatic heterocycles. The third-order valence-electron chi connectivity index (χ3n) is 5.03. The lowest BCUT2D eigenvalue weighted by atomic mass is 9.63. The van der Waals surface area contributed by atoms with Crippen LogP contribution in [0.1, 0.15) is 37.5 Å². The van der Waals surface area contributed by atoms with E-state index in [9.17, 15) is 0 Å². The number of rotatable bonds is 1. The summed E-state index contributed by atoms with van der Waals surface area (Å²) in [6.07, 6.45) is 1.13. The van der Waals surface area contributed by atoms with E-state index in [0.717, 1.165) is 12.1 Å². The quantitative estimate of drug-likeness (QED) is 0.757. The molecule has 1 heteroatoms. The average molecular weight is 251 g/mol. The highest BCUT2D eigenvalue weighted by Gasteiger charge is 2.49. The molecule has 1 aliphatic rings. The van der Waals surface area contributed by atoms with Gasteiger partial charge in [0.1, 0.15) is 0 Å². The Kier molecular flexibility index (Phi) is 2.50. The van der Waals surface area contributed by atoms with Crippen LogP contribution in [0.5, 0.6) is 0 Å². The summed E-state index contributed by atoms with van der Waals surface area (Å²) in [5.41, 5.74) is 11.2. The first-order valence-electron chi connectivity index (χ1n) is 6.89. The van der Waals surface area contributed by atoms with E-state index in [1.807, 2.05) is 12.1 Å². The van der Waals surface area contributed by atoms with Crippen molar-refractivity contribution in [1.29, 1.82) is 0 Å². The lowest BCUT2D eigenvalue weighted by Gasteiger charge is -2.40. The second-order valence-electron chi connectivity index (χ2n) is 6.46. The maximum atomic E-state index is 5.83. The van der Waals surface area contributed by atoms with Crippen molar-refractivity contribution >= 4 is 5.69 Å². The van der Waals surface area contributed by atoms with Crippen molar-refractivity contribution in [3.8, 4) is 0 Å². The molecule has 1 aliphatic carbocycles. The van der Waals surface area contributed by atoms with Gasteiger partial charge < -0.3 is 5.73 Å². The van der Waals surface area contributed by atoms with Crippen molar-refractivity contribution < 1.29 is 0 Å². The van der Waals surface area contributed by atoms with Gasteiger partial charge in [-0.25, -0.2) is 0 Å². The number of hydrogen-bond acceptors (Lipinski definition) is 1. The van der Waals surface area contributed by atoms with Gasteiger partial charge in [0, 0.05) is 11.1 Å². The van der Waals surface area contributed by atoms with Crippen LogP contribution in [0.3, 0.4) is 0 Å². The smallest absolute Gasteiger partial charge is 0.0314 e. The zero-order valence-electron chi connectivity index (χ0n) is 11.9. The Balaban J connectivity index is 2.23. The van der Waals surface area contributed by atoms with Gasteiger partial charge >= 0.3 is 0 Å². The van der Waals surface area contributed by atoms with E-state index < -0.39 is 0 Å². The predicted octanol–water partition coefficient (Wildman–Crippen LogP) is 4.16. The molecule has 1 nitrogen and oxygen atoms in total. The molecule has 2 aromatic rings. The molecule has 98 valence electrons. The monoisotopic (exact) mass is 251 g/mol. The minimum atomic E-state index is 0.0529. The van der Waals surface area contributed by atoms with Gasteiger partial charge in [0.2, 0.25) is 0 Å². The van der Waals surface area contributed by atoms with Crippen LogP contribution in [-0.4, -0.2) is 0 Å². The first-order chi connectivity index (χ1) is 8.95. The zero-order chi connectivity index (χ0) is 13.7. The summed E-state index contributed by atoms with van der Waals surface area (Å²) in [5, 5.41) is 0. The molecule has 0 heterocycles. The SMILES string of the molecule is CC1(C)Cc2ccccc2C1(C)c1ccc(N)cc1. The van der Waals surface area contributed by atoms with Crippen molar-refractivity contribution in [2.45, 2.75) is 32.6 Å². The normalized spacial score (nSPS) is 24.2. The van der Waals surface area contributed by atoms with E-state index >= 15 is 0 Å². The number of fused-ring (bicyclic) bond motifs is 1. The van der Waals surface area contributed by atoms with Crippen molar-refractivity contribution in [2.24, 2.45) is 5.41 Å². The number of hydrogen-bond donors (Lipinski definition) is 1. The van der Waals surface area contributed by atoms with Crippen molar-refractivity contribution in [3.05, 3.63) is 65.2 Å². The Morgan fingerprint density at radius 3 is 2.21 bits per heavy atom. The highest BCUT2D eigenvalue weighted by Crippen LogP contribution is 2.54. The van der Waals surface area contributed by atoms with Gasteiger partial charge in [0.05, 0.1) is 0 Å². The van der Waals surface area contributed by atoms with E-state index in [2.05, 4.69) is 57.2 Å². The average Bonchev–Trinajstić information content (AvgIpc) is 2.59. The van der Waals surface area contributed by atoms with Crippen LogP contribution in [0.2, 0.25) is 0 Å². The van der Waals surface area contributed by atoms with Crippen LogP contribution < -0.4 is 5.73 Å². The molecule has 1 unspecified atom stereocenters. The number of nitrogens with two attached hydrogens (primary N) is 1. The van der Waals surface area contributed by atoms with Gasteiger partial charge in [-0.05, 0) is 40.7 Å². The Morgan fingerprint density at radius 2 is 1.53 bits per heavy atom. The second kappa shape index (κ2) is 3.86. The third-order valence-corrected chi connectivity index (χ3v) is 5.03. The summed E-state index contributed by atoms with van der Waals surface area (Å²) in [7, 11) is 0. The maximum Gasteiger partial charge on any atom is 0.0314 e. The first kappa shape index (κ1) is 12.3. The molecular formula is C18H21N. The number of anilines is 1. The van der Waals surface area contributed by atoms with Gasteiger partial charge in [-0.1, -0.05) is 57.2 Å². The van der Waals surface area contributed by atoms with Crippen molar-refractivity contribution in [1.82, 2.24) is 0 Å². The maximum absolute atomic E-state index is 5.83. The van der Waals surface area contributed by atoms with Crippen LogP contribution in [0.4, 0.5) is 5.69 Å². The molecule has 0 amide bonds. The van der Waals surface area contributed by atoms with Crippen LogP contribution in [-0.2, 0) is 11.8 Å². The van der Waals surface area contributed by atoms with E-state index in [1.54, 1.807) is 0 Å². The number of nitrogen functional groups attached to an aromatic ring is 1. The summed E-state index contributed by atoms with van der Waals surface area (Å²) >= 11 is 0. The Bertz CT molecular complexity index is 610. The summed E-state index contributed by atoms with van der Waals surface area (Å²) in [5.74, 6) is 0. The molecule has 2 N–H and O–H groups in total. The first-order valence-corrected chi connectivity index (χ1v) is 6.89. The Morgan fingerprint density at radius 1 is 0.895 bits per heavy atom. The van der Waals surface area contributed by atoms with Crippen LogP contribution in [0.15, 0.2) is 48.5 Å². The molecule has 0 saturated heterocycles. The van der Waals surface area contributed by atoms with Gasteiger partial charge in [-0.3, -0.25) is 0 Å². The lowest BCUT2D eigenvalue weighted by molar-refractivity contribution is 0.247. The van der Waals surface area contributed by atoms with Gasteiger partial charge in [0.25, 0.3) is 0 Å². The van der Waals surface area contributed by atoms with Gasteiger partial charge in [0.15, 0.2) is 0 Å². The fraction of sp³-hybridized carbons (Fsp3) is 0.333. The molecule has 1 atom stereocenters. The van der Waals surface area contributed by atoms with Crippen LogP contribution in [0.25, 0.3) is 0 Å². The molecule has 0 bridgehead atoms. The fourth-order valence-corrected chi connectivity index (χ4v) is 3.54. The molecule has 0 fully saturated rings. The third kappa shape index (κ3) is 1.61. The summed E-state index contributed by atoms with van der Waals surface area (Å²) in [6, 6.07) is 17.2. The summed E-state index contributed by atoms with van der Waals surface area (Å²) in [6.45, 7) is 7.09. The predicted molar refractivity (Wildman–Crippen MR) is 81.2 cm³/mol. The minimum Gasteiger partial charge on any atom is -0.399 e. The van der Waals surface area contributed by atoms with Crippen LogP contribution in [0, 0.1) is 5.41 Å². The molecule has 0 aliphatic heterocycles. The number of benzene rings is 2.